The summed E-state index contributed by atoms with van der Waals surface area (Å²) in [5.41, 5.74) is 2.43. The highest BCUT2D eigenvalue weighted by Gasteiger charge is 2.19. The number of benzene rings is 1. The monoisotopic (exact) mass is 364 g/mol. The number of aliphatic hydroxyl groups excluding tert-OH is 1. The summed E-state index contributed by atoms with van der Waals surface area (Å²) in [5.74, 6) is -1.22. The van der Waals surface area contributed by atoms with E-state index in [0.717, 1.165) is 29.3 Å². The summed E-state index contributed by atoms with van der Waals surface area (Å²) in [6.45, 7) is 0. The molecule has 0 saturated carbocycles. The number of halogens is 2. The Labute approximate surface area is 117 Å². The van der Waals surface area contributed by atoms with Crippen molar-refractivity contribution in [3.8, 4) is 0 Å². The van der Waals surface area contributed by atoms with Gasteiger partial charge < -0.3 is 10.2 Å². The van der Waals surface area contributed by atoms with Crippen LogP contribution in [0.5, 0.6) is 0 Å². The van der Waals surface area contributed by atoms with E-state index >= 15 is 0 Å². The van der Waals surface area contributed by atoms with Crippen molar-refractivity contribution in [2.24, 2.45) is 0 Å². The fourth-order valence-corrected chi connectivity index (χ4v) is 2.37. The molecule has 0 heterocycles. The summed E-state index contributed by atoms with van der Waals surface area (Å²) in [7, 11) is 0. The van der Waals surface area contributed by atoms with Crippen molar-refractivity contribution in [1.82, 2.24) is 0 Å². The van der Waals surface area contributed by atoms with Crippen LogP contribution in [-0.4, -0.2) is 21.5 Å². The van der Waals surface area contributed by atoms with Crippen molar-refractivity contribution in [1.29, 1.82) is 0 Å². The molecule has 5 heteroatoms. The van der Waals surface area contributed by atoms with E-state index in [9.17, 15) is 9.90 Å². The second-order valence-corrected chi connectivity index (χ2v) is 5.05. The maximum atomic E-state index is 10.8. The second-order valence-electron chi connectivity index (χ2n) is 3.70. The van der Waals surface area contributed by atoms with Gasteiger partial charge >= 0.3 is 5.97 Å². The van der Waals surface area contributed by atoms with Crippen LogP contribution in [0.15, 0.2) is 18.2 Å². The van der Waals surface area contributed by atoms with Gasteiger partial charge in [0.2, 0.25) is 0 Å². The molecule has 1 atom stereocenters. The van der Waals surface area contributed by atoms with Gasteiger partial charge in [-0.05, 0) is 29.5 Å². The minimum absolute atomic E-state index is 0.456. The van der Waals surface area contributed by atoms with Crippen LogP contribution in [0.25, 0.3) is 0 Å². The molecule has 1 aromatic rings. The smallest absolute Gasteiger partial charge is 0.337 e. The van der Waals surface area contributed by atoms with E-state index in [1.54, 1.807) is 6.07 Å². The average Bonchev–Trinajstić information content (AvgIpc) is 2.34. The summed E-state index contributed by atoms with van der Waals surface area (Å²) in [5, 5.41) is 19.8. The molecule has 1 rings (SSSR count). The van der Waals surface area contributed by atoms with E-state index in [-0.39, 0.29) is 0 Å². The maximum Gasteiger partial charge on any atom is 0.337 e. The molecule has 17 heavy (non-hydrogen) atoms. The van der Waals surface area contributed by atoms with Crippen LogP contribution in [0.4, 0.5) is 0 Å². The van der Waals surface area contributed by atoms with Crippen LogP contribution in [0.2, 0.25) is 0 Å². The van der Waals surface area contributed by atoms with Gasteiger partial charge in [-0.25, -0.2) is 4.79 Å². The molecule has 0 aliphatic carbocycles. The fraction of sp³-hybridized carbons (Fsp3) is 0.417. The van der Waals surface area contributed by atoms with Crippen LogP contribution >= 0.6 is 31.9 Å². The molecule has 0 spiro atoms. The van der Waals surface area contributed by atoms with Crippen molar-refractivity contribution in [2.45, 2.75) is 24.3 Å². The number of carboxylic acids is 1. The van der Waals surface area contributed by atoms with Gasteiger partial charge in [-0.1, -0.05) is 50.1 Å². The number of aliphatic carboxylic acids is 1. The molecule has 0 aromatic heterocycles. The Morgan fingerprint density at radius 2 is 2.06 bits per heavy atom. The molecule has 1 unspecified atom stereocenters. The largest absolute Gasteiger partial charge is 0.479 e. The first-order valence-corrected chi connectivity index (χ1v) is 7.49. The third-order valence-corrected chi connectivity index (χ3v) is 3.64. The highest BCUT2D eigenvalue weighted by Crippen LogP contribution is 2.23. The Morgan fingerprint density at radius 3 is 2.59 bits per heavy atom. The number of hydrogen-bond donors (Lipinski definition) is 2. The van der Waals surface area contributed by atoms with Crippen molar-refractivity contribution in [3.63, 3.8) is 0 Å². The molecule has 1 aromatic carbocycles. The summed E-state index contributed by atoms with van der Waals surface area (Å²) >= 11 is 6.69. The second kappa shape index (κ2) is 7.13. The number of carboxylic acid groups (broad SMARTS) is 1. The standard InChI is InChI=1S/C12H14Br2O3/c13-5-1-2-8-3-4-10(9(6-8)7-14)11(15)12(16)17/h3-4,6,11,15H,1-2,5,7H2,(H,16,17). The fourth-order valence-electron chi connectivity index (χ4n) is 1.60. The average molecular weight is 366 g/mol. The van der Waals surface area contributed by atoms with E-state index in [1.807, 2.05) is 12.1 Å². The summed E-state index contributed by atoms with van der Waals surface area (Å²) in [4.78, 5) is 10.8. The summed E-state index contributed by atoms with van der Waals surface area (Å²) in [6.07, 6.45) is 0.518. The molecule has 2 N–H and O–H groups in total. The molecule has 94 valence electrons. The zero-order valence-corrected chi connectivity index (χ0v) is 12.4. The van der Waals surface area contributed by atoms with Gasteiger partial charge in [0.1, 0.15) is 0 Å². The van der Waals surface area contributed by atoms with Gasteiger partial charge in [-0.3, -0.25) is 0 Å². The Bertz CT molecular complexity index is 393. The number of carbonyl (C=O) groups is 1. The van der Waals surface area contributed by atoms with Gasteiger partial charge in [-0.2, -0.15) is 0 Å². The number of hydrogen-bond acceptors (Lipinski definition) is 2. The Hall–Kier alpha value is -0.390. The first-order valence-electron chi connectivity index (χ1n) is 5.24. The lowest BCUT2D eigenvalue weighted by Gasteiger charge is -2.12. The predicted octanol–water partition coefficient (Wildman–Crippen LogP) is 3.03. The van der Waals surface area contributed by atoms with Gasteiger partial charge in [0.15, 0.2) is 6.10 Å². The zero-order valence-electron chi connectivity index (χ0n) is 9.20. The van der Waals surface area contributed by atoms with Gasteiger partial charge in [0, 0.05) is 10.7 Å². The van der Waals surface area contributed by atoms with E-state index in [0.29, 0.717) is 10.9 Å². The van der Waals surface area contributed by atoms with Crippen LogP contribution in [0.3, 0.4) is 0 Å². The van der Waals surface area contributed by atoms with E-state index in [1.165, 1.54) is 0 Å². The molecular weight excluding hydrogens is 352 g/mol. The van der Waals surface area contributed by atoms with Crippen LogP contribution in [-0.2, 0) is 16.5 Å². The molecule has 0 bridgehead atoms. The number of aryl methyl sites for hydroxylation is 1. The SMILES string of the molecule is O=C(O)C(O)c1ccc(CCCBr)cc1CBr. The minimum atomic E-state index is -1.45. The lowest BCUT2D eigenvalue weighted by molar-refractivity contribution is -0.147. The number of aliphatic hydroxyl groups is 1. The van der Waals surface area contributed by atoms with Gasteiger partial charge in [0.25, 0.3) is 0 Å². The van der Waals surface area contributed by atoms with Crippen molar-refractivity contribution in [3.05, 3.63) is 34.9 Å². The zero-order chi connectivity index (χ0) is 12.8. The number of rotatable bonds is 6. The Balaban J connectivity index is 2.96. The lowest BCUT2D eigenvalue weighted by atomic mass is 9.99. The molecular formula is C12H14Br2O3. The number of alkyl halides is 2. The first kappa shape index (κ1) is 14.7. The summed E-state index contributed by atoms with van der Waals surface area (Å²) < 4.78 is 0. The molecule has 0 aliphatic heterocycles. The quantitative estimate of drug-likeness (QED) is 0.762. The van der Waals surface area contributed by atoms with E-state index < -0.39 is 12.1 Å². The van der Waals surface area contributed by atoms with E-state index in [2.05, 4.69) is 31.9 Å². The highest BCUT2D eigenvalue weighted by molar-refractivity contribution is 9.09. The topological polar surface area (TPSA) is 57.5 Å². The van der Waals surface area contributed by atoms with E-state index in [4.69, 9.17) is 5.11 Å². The molecule has 0 aliphatic rings. The predicted molar refractivity (Wildman–Crippen MR) is 73.8 cm³/mol. The normalized spacial score (nSPS) is 12.4. The third kappa shape index (κ3) is 4.08. The molecule has 3 nitrogen and oxygen atoms in total. The Morgan fingerprint density at radius 1 is 1.35 bits per heavy atom. The molecule has 0 radical (unpaired) electrons. The van der Waals surface area contributed by atoms with Gasteiger partial charge in [-0.15, -0.1) is 0 Å². The highest BCUT2D eigenvalue weighted by atomic mass is 79.9. The molecule has 0 saturated heterocycles. The minimum Gasteiger partial charge on any atom is -0.479 e. The molecule has 0 amide bonds. The first-order chi connectivity index (χ1) is 8.10. The van der Waals surface area contributed by atoms with Crippen LogP contribution in [0, 0.1) is 0 Å². The van der Waals surface area contributed by atoms with Crippen LogP contribution in [0.1, 0.15) is 29.2 Å². The van der Waals surface area contributed by atoms with Gasteiger partial charge in [0.05, 0.1) is 0 Å². The third-order valence-electron chi connectivity index (χ3n) is 2.48. The van der Waals surface area contributed by atoms with Crippen molar-refractivity contribution in [2.75, 3.05) is 5.33 Å². The Kier molecular flexibility index (Phi) is 6.16. The summed E-state index contributed by atoms with van der Waals surface area (Å²) in [6, 6.07) is 5.51. The maximum absolute atomic E-state index is 10.8. The van der Waals surface area contributed by atoms with Crippen molar-refractivity contribution >= 4 is 37.8 Å². The lowest BCUT2D eigenvalue weighted by Crippen LogP contribution is -2.12. The molecule has 0 fully saturated rings. The van der Waals surface area contributed by atoms with Crippen molar-refractivity contribution < 1.29 is 15.0 Å². The van der Waals surface area contributed by atoms with Crippen LogP contribution < -0.4 is 0 Å².